The first-order valence-corrected chi connectivity index (χ1v) is 5.79. The van der Waals surface area contributed by atoms with Crippen LogP contribution in [0.3, 0.4) is 0 Å². The third kappa shape index (κ3) is 3.18. The summed E-state index contributed by atoms with van der Waals surface area (Å²) in [5.41, 5.74) is 1.02. The molecule has 2 unspecified atom stereocenters. The van der Waals surface area contributed by atoms with Crippen molar-refractivity contribution in [3.8, 4) is 0 Å². The number of aromatic amines is 1. The van der Waals surface area contributed by atoms with Gasteiger partial charge in [0.2, 0.25) is 0 Å². The third-order valence-corrected chi connectivity index (χ3v) is 3.13. The first-order valence-electron chi connectivity index (χ1n) is 4.17. The topological polar surface area (TPSA) is 57.8 Å². The number of anilines is 1. The Bertz CT molecular complexity index is 297. The molecule has 1 aromatic rings. The molecule has 5 heteroatoms. The fourth-order valence-corrected chi connectivity index (χ4v) is 1.18. The Balaban J connectivity index is 2.39. The average molecular weight is 201 g/mol. The Labute approximate surface area is 80.6 Å². The molecule has 0 saturated heterocycles. The Morgan fingerprint density at radius 2 is 2.46 bits per heavy atom. The zero-order chi connectivity index (χ0) is 9.84. The number of nitrogens with zero attached hydrogens (tertiary/aromatic N) is 1. The van der Waals surface area contributed by atoms with Crippen molar-refractivity contribution in [2.45, 2.75) is 19.1 Å². The van der Waals surface area contributed by atoms with Crippen molar-refractivity contribution in [1.29, 1.82) is 0 Å². The molecule has 1 heterocycles. The third-order valence-electron chi connectivity index (χ3n) is 1.83. The van der Waals surface area contributed by atoms with E-state index in [9.17, 15) is 4.21 Å². The number of rotatable bonds is 4. The van der Waals surface area contributed by atoms with E-state index in [0.29, 0.717) is 6.54 Å². The number of nitrogens with one attached hydrogen (secondary N) is 2. The van der Waals surface area contributed by atoms with Gasteiger partial charge in [-0.3, -0.25) is 4.21 Å². The molecule has 0 aliphatic heterocycles. The molecule has 1 rings (SSSR count). The van der Waals surface area contributed by atoms with Gasteiger partial charge in [-0.05, 0) is 13.8 Å². The van der Waals surface area contributed by atoms with Gasteiger partial charge in [-0.2, -0.15) is 0 Å². The van der Waals surface area contributed by atoms with Gasteiger partial charge in [0, 0.05) is 40.7 Å². The minimum atomic E-state index is -0.781. The first-order chi connectivity index (χ1) is 6.09. The summed E-state index contributed by atoms with van der Waals surface area (Å²) < 4.78 is 11.0. The van der Waals surface area contributed by atoms with Crippen molar-refractivity contribution >= 4 is 16.7 Å². The molecule has 4 nitrogen and oxygen atoms in total. The fourth-order valence-electron chi connectivity index (χ4n) is 0.860. The Morgan fingerprint density at radius 3 is 2.92 bits per heavy atom. The molecule has 0 aromatic carbocycles. The molecule has 0 radical (unpaired) electrons. The van der Waals surface area contributed by atoms with E-state index in [0.717, 1.165) is 11.6 Å². The maximum atomic E-state index is 11.0. The molecule has 0 saturated carbocycles. The molecule has 0 spiro atoms. The molecule has 2 atom stereocenters. The van der Waals surface area contributed by atoms with Crippen molar-refractivity contribution in [2.24, 2.45) is 0 Å². The lowest BCUT2D eigenvalue weighted by Gasteiger charge is -2.08. The van der Waals surface area contributed by atoms with E-state index in [2.05, 4.69) is 15.3 Å². The SMILES string of the molecule is Cc1cnc(NCC(C)S(C)=O)[nH]1. The van der Waals surface area contributed by atoms with Crippen molar-refractivity contribution in [3.63, 3.8) is 0 Å². The number of hydrogen-bond acceptors (Lipinski definition) is 3. The van der Waals surface area contributed by atoms with Gasteiger partial charge in [-0.25, -0.2) is 4.98 Å². The summed E-state index contributed by atoms with van der Waals surface area (Å²) in [6, 6.07) is 0. The van der Waals surface area contributed by atoms with Crippen LogP contribution < -0.4 is 5.32 Å². The molecular formula is C8H15N3OS. The highest BCUT2D eigenvalue weighted by Crippen LogP contribution is 2.01. The Morgan fingerprint density at radius 1 is 1.77 bits per heavy atom. The molecular weight excluding hydrogens is 186 g/mol. The number of imidazole rings is 1. The number of hydrogen-bond donors (Lipinski definition) is 2. The second-order valence-electron chi connectivity index (χ2n) is 3.10. The van der Waals surface area contributed by atoms with Crippen LogP contribution >= 0.6 is 0 Å². The lowest BCUT2D eigenvalue weighted by Crippen LogP contribution is -2.21. The lowest BCUT2D eigenvalue weighted by molar-refractivity contribution is 0.678. The molecule has 2 N–H and O–H groups in total. The molecule has 0 bridgehead atoms. The molecule has 1 aromatic heterocycles. The number of aromatic nitrogens is 2. The normalized spacial score (nSPS) is 15.3. The summed E-state index contributed by atoms with van der Waals surface area (Å²) in [6.07, 6.45) is 3.47. The second kappa shape index (κ2) is 4.41. The maximum Gasteiger partial charge on any atom is 0.200 e. The van der Waals surface area contributed by atoms with Gasteiger partial charge in [0.15, 0.2) is 5.95 Å². The predicted octanol–water partition coefficient (Wildman–Crippen LogP) is 0.897. The van der Waals surface area contributed by atoms with Crippen molar-refractivity contribution in [3.05, 3.63) is 11.9 Å². The summed E-state index contributed by atoms with van der Waals surface area (Å²) in [6.45, 7) is 4.56. The van der Waals surface area contributed by atoms with Crippen LogP contribution in [-0.2, 0) is 10.8 Å². The van der Waals surface area contributed by atoms with Gasteiger partial charge in [-0.15, -0.1) is 0 Å². The minimum Gasteiger partial charge on any atom is -0.355 e. The largest absolute Gasteiger partial charge is 0.355 e. The molecule has 13 heavy (non-hydrogen) atoms. The predicted molar refractivity (Wildman–Crippen MR) is 55.3 cm³/mol. The maximum absolute atomic E-state index is 11.0. The van der Waals surface area contributed by atoms with E-state index in [1.807, 2.05) is 13.8 Å². The lowest BCUT2D eigenvalue weighted by atomic mass is 10.5. The summed E-state index contributed by atoms with van der Waals surface area (Å²) in [5.74, 6) is 0.745. The van der Waals surface area contributed by atoms with Gasteiger partial charge >= 0.3 is 0 Å². The van der Waals surface area contributed by atoms with E-state index in [4.69, 9.17) is 0 Å². The highest BCUT2D eigenvalue weighted by atomic mass is 32.2. The van der Waals surface area contributed by atoms with Gasteiger partial charge in [0.1, 0.15) is 0 Å². The fraction of sp³-hybridized carbons (Fsp3) is 0.625. The van der Waals surface area contributed by atoms with Crippen LogP contribution in [0.5, 0.6) is 0 Å². The van der Waals surface area contributed by atoms with E-state index in [1.54, 1.807) is 12.5 Å². The quantitative estimate of drug-likeness (QED) is 0.761. The van der Waals surface area contributed by atoms with Crippen molar-refractivity contribution in [2.75, 3.05) is 18.1 Å². The zero-order valence-corrected chi connectivity index (χ0v) is 8.94. The number of aryl methyl sites for hydroxylation is 1. The van der Waals surface area contributed by atoms with Gasteiger partial charge in [-0.1, -0.05) is 0 Å². The van der Waals surface area contributed by atoms with E-state index >= 15 is 0 Å². The van der Waals surface area contributed by atoms with Crippen molar-refractivity contribution < 1.29 is 4.21 Å². The first kappa shape index (κ1) is 10.2. The average Bonchev–Trinajstić information content (AvgIpc) is 2.47. The minimum absolute atomic E-state index is 0.144. The van der Waals surface area contributed by atoms with Gasteiger partial charge in [0.25, 0.3) is 0 Å². The van der Waals surface area contributed by atoms with E-state index in [-0.39, 0.29) is 5.25 Å². The zero-order valence-electron chi connectivity index (χ0n) is 8.13. The molecule has 0 aliphatic carbocycles. The van der Waals surface area contributed by atoms with Crippen LogP contribution in [0.15, 0.2) is 6.20 Å². The molecule has 0 aliphatic rings. The van der Waals surface area contributed by atoms with Crippen LogP contribution in [0, 0.1) is 6.92 Å². The molecule has 74 valence electrons. The van der Waals surface area contributed by atoms with E-state index in [1.165, 1.54) is 0 Å². The summed E-state index contributed by atoms with van der Waals surface area (Å²) in [7, 11) is -0.781. The summed E-state index contributed by atoms with van der Waals surface area (Å²) in [4.78, 5) is 7.13. The number of H-pyrrole nitrogens is 1. The van der Waals surface area contributed by atoms with Crippen LogP contribution in [0.2, 0.25) is 0 Å². The van der Waals surface area contributed by atoms with Crippen LogP contribution in [-0.4, -0.2) is 32.2 Å². The van der Waals surface area contributed by atoms with Crippen LogP contribution in [0.4, 0.5) is 5.95 Å². The summed E-state index contributed by atoms with van der Waals surface area (Å²) >= 11 is 0. The Hall–Kier alpha value is -0.840. The molecule has 0 amide bonds. The van der Waals surface area contributed by atoms with E-state index < -0.39 is 10.8 Å². The van der Waals surface area contributed by atoms with Gasteiger partial charge < -0.3 is 10.3 Å². The second-order valence-corrected chi connectivity index (χ2v) is 4.91. The standard InChI is InChI=1S/C8H15N3OS/c1-6-4-9-8(11-6)10-5-7(2)13(3)12/h4,7H,5H2,1-3H3,(H2,9,10,11). The van der Waals surface area contributed by atoms with Crippen LogP contribution in [0.25, 0.3) is 0 Å². The highest BCUT2D eigenvalue weighted by Gasteiger charge is 2.05. The molecule has 0 fully saturated rings. The smallest absolute Gasteiger partial charge is 0.200 e. The summed E-state index contributed by atoms with van der Waals surface area (Å²) in [5, 5.41) is 3.23. The van der Waals surface area contributed by atoms with Crippen LogP contribution in [0.1, 0.15) is 12.6 Å². The monoisotopic (exact) mass is 201 g/mol. The van der Waals surface area contributed by atoms with Gasteiger partial charge in [0.05, 0.1) is 0 Å². The Kier molecular flexibility index (Phi) is 3.48. The highest BCUT2D eigenvalue weighted by molar-refractivity contribution is 7.84. The van der Waals surface area contributed by atoms with Crippen molar-refractivity contribution in [1.82, 2.24) is 9.97 Å².